The molecule has 0 fully saturated rings. The van der Waals surface area contributed by atoms with Gasteiger partial charge in [0.2, 0.25) is 0 Å². The number of carbonyl (C=O) groups excluding carboxylic acids is 1. The SMILES string of the molecule is CCC[Si](CCC)(CCC)C1c2cc3ccccc3nc2-c2cc3c(c(=O)n21)COC(=O)[C@]3(O)CC. The first kappa shape index (κ1) is 24.9. The summed E-state index contributed by atoms with van der Waals surface area (Å²) in [6.07, 6.45) is 3.40. The van der Waals surface area contributed by atoms with Crippen molar-refractivity contribution in [2.45, 2.75) is 89.4 Å². The number of aliphatic hydroxyl groups is 1. The summed E-state index contributed by atoms with van der Waals surface area (Å²) < 4.78 is 7.33. The zero-order valence-corrected chi connectivity index (χ0v) is 22.8. The first-order chi connectivity index (χ1) is 17.3. The zero-order valence-electron chi connectivity index (χ0n) is 21.8. The van der Waals surface area contributed by atoms with Gasteiger partial charge in [0, 0.05) is 16.5 Å². The molecule has 0 amide bonds. The highest BCUT2D eigenvalue weighted by Crippen LogP contribution is 2.49. The van der Waals surface area contributed by atoms with Gasteiger partial charge in [0.25, 0.3) is 5.56 Å². The van der Waals surface area contributed by atoms with Gasteiger partial charge in [-0.3, -0.25) is 4.79 Å². The van der Waals surface area contributed by atoms with Gasteiger partial charge in [-0.05, 0) is 24.6 Å². The molecule has 6 nitrogen and oxygen atoms in total. The third kappa shape index (κ3) is 3.50. The lowest BCUT2D eigenvalue weighted by atomic mass is 9.86. The van der Waals surface area contributed by atoms with E-state index in [0.29, 0.717) is 11.1 Å². The van der Waals surface area contributed by atoms with Crippen LogP contribution in [-0.4, -0.2) is 28.7 Å². The van der Waals surface area contributed by atoms with Crippen LogP contribution in [0, 0.1) is 0 Å². The third-order valence-corrected chi connectivity index (χ3v) is 14.6. The Morgan fingerprint density at radius 1 is 1.06 bits per heavy atom. The predicted octanol–water partition coefficient (Wildman–Crippen LogP) is 5.84. The van der Waals surface area contributed by atoms with Crippen LogP contribution >= 0.6 is 0 Å². The van der Waals surface area contributed by atoms with Gasteiger partial charge in [-0.25, -0.2) is 9.78 Å². The summed E-state index contributed by atoms with van der Waals surface area (Å²) in [6, 6.07) is 15.6. The van der Waals surface area contributed by atoms with Crippen molar-refractivity contribution in [2.75, 3.05) is 0 Å². The van der Waals surface area contributed by atoms with Crippen molar-refractivity contribution in [1.29, 1.82) is 0 Å². The van der Waals surface area contributed by atoms with E-state index in [9.17, 15) is 14.7 Å². The number of carbonyl (C=O) groups is 1. The lowest BCUT2D eigenvalue weighted by Gasteiger charge is -2.39. The van der Waals surface area contributed by atoms with Crippen LogP contribution in [0.3, 0.4) is 0 Å². The number of hydrogen-bond donors (Lipinski definition) is 1. The van der Waals surface area contributed by atoms with E-state index >= 15 is 0 Å². The van der Waals surface area contributed by atoms with Crippen molar-refractivity contribution in [2.24, 2.45) is 0 Å². The number of aromatic nitrogens is 2. The molecular weight excluding hydrogens is 468 g/mol. The topological polar surface area (TPSA) is 81.4 Å². The number of esters is 1. The van der Waals surface area contributed by atoms with Crippen molar-refractivity contribution in [1.82, 2.24) is 9.55 Å². The number of ether oxygens (including phenoxy) is 1. The predicted molar refractivity (Wildman–Crippen MR) is 145 cm³/mol. The maximum Gasteiger partial charge on any atom is 0.343 e. The van der Waals surface area contributed by atoms with Crippen LogP contribution in [-0.2, 0) is 21.7 Å². The highest BCUT2D eigenvalue weighted by Gasteiger charge is 2.50. The van der Waals surface area contributed by atoms with Crippen LogP contribution < -0.4 is 5.56 Å². The van der Waals surface area contributed by atoms with E-state index in [0.717, 1.165) is 65.2 Å². The molecule has 1 unspecified atom stereocenters. The number of fused-ring (bicyclic) bond motifs is 5. The first-order valence-corrected chi connectivity index (χ1v) is 16.1. The van der Waals surface area contributed by atoms with Crippen LogP contribution in [0.25, 0.3) is 22.3 Å². The van der Waals surface area contributed by atoms with Crippen molar-refractivity contribution in [3.8, 4) is 11.4 Å². The molecule has 2 aliphatic rings. The molecule has 2 atom stereocenters. The van der Waals surface area contributed by atoms with E-state index in [1.807, 2.05) is 28.8 Å². The second-order valence-electron chi connectivity index (χ2n) is 10.5. The molecule has 1 N–H and O–H groups in total. The Kier molecular flexibility index (Phi) is 6.41. The Bertz CT molecular complexity index is 1380. The summed E-state index contributed by atoms with van der Waals surface area (Å²) in [4.78, 5) is 32.0. The molecule has 0 aliphatic carbocycles. The smallest absolute Gasteiger partial charge is 0.343 e. The maximum absolute atomic E-state index is 14.3. The minimum atomic E-state index is -2.03. The number of rotatable bonds is 8. The molecule has 0 saturated heterocycles. The van der Waals surface area contributed by atoms with Gasteiger partial charge in [-0.1, -0.05) is 83.3 Å². The number of para-hydroxylation sites is 1. The lowest BCUT2D eigenvalue weighted by molar-refractivity contribution is -0.172. The molecule has 2 aliphatic heterocycles. The minimum Gasteiger partial charge on any atom is -0.458 e. The molecule has 3 aromatic rings. The minimum absolute atomic E-state index is 0.0235. The summed E-state index contributed by atoms with van der Waals surface area (Å²) >= 11 is 0. The monoisotopic (exact) mass is 504 g/mol. The Morgan fingerprint density at radius 3 is 2.36 bits per heavy atom. The van der Waals surface area contributed by atoms with E-state index < -0.39 is 19.6 Å². The molecular formula is C29H36N2O4Si. The molecule has 36 heavy (non-hydrogen) atoms. The fraction of sp³-hybridized carbons (Fsp3) is 0.483. The lowest BCUT2D eigenvalue weighted by Crippen LogP contribution is -2.49. The average Bonchev–Trinajstić information content (AvgIpc) is 3.20. The molecule has 7 heteroatoms. The van der Waals surface area contributed by atoms with Crippen LogP contribution in [0.2, 0.25) is 18.1 Å². The van der Waals surface area contributed by atoms with Gasteiger partial charge in [0.05, 0.1) is 36.2 Å². The zero-order chi connectivity index (χ0) is 25.7. The van der Waals surface area contributed by atoms with Gasteiger partial charge in [0.15, 0.2) is 5.60 Å². The van der Waals surface area contributed by atoms with Crippen LogP contribution in [0.4, 0.5) is 0 Å². The second-order valence-corrected chi connectivity index (χ2v) is 15.3. The fourth-order valence-corrected chi connectivity index (χ4v) is 13.1. The number of nitrogens with zero attached hydrogens (tertiary/aromatic N) is 2. The third-order valence-electron chi connectivity index (χ3n) is 8.36. The van der Waals surface area contributed by atoms with Crippen molar-refractivity contribution in [3.63, 3.8) is 0 Å². The van der Waals surface area contributed by atoms with Crippen molar-refractivity contribution in [3.05, 3.63) is 63.4 Å². The second kappa shape index (κ2) is 9.27. The Balaban J connectivity index is 1.88. The molecule has 0 saturated carbocycles. The molecule has 2 aromatic heterocycles. The van der Waals surface area contributed by atoms with E-state index in [2.05, 4.69) is 32.9 Å². The number of benzene rings is 1. The van der Waals surface area contributed by atoms with Crippen molar-refractivity contribution < 1.29 is 14.6 Å². The van der Waals surface area contributed by atoms with Gasteiger partial charge in [0.1, 0.15) is 6.61 Å². The summed E-state index contributed by atoms with van der Waals surface area (Å²) in [5, 5.41) is 12.4. The Hall–Kier alpha value is -2.77. The summed E-state index contributed by atoms with van der Waals surface area (Å²) in [5.74, 6) is -0.685. The first-order valence-electron chi connectivity index (χ1n) is 13.4. The van der Waals surface area contributed by atoms with E-state index in [4.69, 9.17) is 9.72 Å². The van der Waals surface area contributed by atoms with Gasteiger partial charge in [-0.15, -0.1) is 0 Å². The quantitative estimate of drug-likeness (QED) is 0.308. The molecule has 190 valence electrons. The van der Waals surface area contributed by atoms with E-state index in [1.54, 1.807) is 6.92 Å². The molecule has 4 heterocycles. The molecule has 0 radical (unpaired) electrons. The standard InChI is InChI=1S/C29H36N2O4Si/c1-5-13-36(14-6-2,15-7-3)27-20-16-19-11-9-10-12-23(19)30-25(20)24-17-22-21(26(32)31(24)27)18-35-28(33)29(22,34)8-4/h9-12,16-17,27,34H,5-8,13-15,18H2,1-4H3/t27?,29-/m0/s1. The highest BCUT2D eigenvalue weighted by atomic mass is 28.3. The number of pyridine rings is 2. The van der Waals surface area contributed by atoms with E-state index in [1.165, 1.54) is 0 Å². The van der Waals surface area contributed by atoms with Crippen molar-refractivity contribution >= 4 is 24.9 Å². The highest BCUT2D eigenvalue weighted by molar-refractivity contribution is 6.81. The molecule has 1 aromatic carbocycles. The largest absolute Gasteiger partial charge is 0.458 e. The molecule has 0 bridgehead atoms. The maximum atomic E-state index is 14.3. The summed E-state index contributed by atoms with van der Waals surface area (Å²) in [6.45, 7) is 8.39. The molecule has 0 spiro atoms. The summed E-state index contributed by atoms with van der Waals surface area (Å²) in [7, 11) is -2.03. The van der Waals surface area contributed by atoms with Crippen LogP contribution in [0.1, 0.15) is 75.7 Å². The average molecular weight is 505 g/mol. The fourth-order valence-electron chi connectivity index (χ4n) is 6.88. The Morgan fingerprint density at radius 2 is 1.72 bits per heavy atom. The van der Waals surface area contributed by atoms with Gasteiger partial charge >= 0.3 is 5.97 Å². The van der Waals surface area contributed by atoms with Crippen LogP contribution in [0.5, 0.6) is 0 Å². The van der Waals surface area contributed by atoms with Crippen LogP contribution in [0.15, 0.2) is 41.2 Å². The normalized spacial score (nSPS) is 20.7. The van der Waals surface area contributed by atoms with Gasteiger partial charge < -0.3 is 14.4 Å². The van der Waals surface area contributed by atoms with Gasteiger partial charge in [-0.2, -0.15) is 0 Å². The molecule has 5 rings (SSSR count). The Labute approximate surface area is 213 Å². The summed E-state index contributed by atoms with van der Waals surface area (Å²) in [5.41, 5.74) is 2.35. The number of cyclic esters (lactones) is 1. The van der Waals surface area contributed by atoms with E-state index in [-0.39, 0.29) is 24.3 Å². The number of hydrogen-bond acceptors (Lipinski definition) is 5.